The number of hydrogen-bond donors (Lipinski definition) is 6. The first-order chi connectivity index (χ1) is 16.9. The maximum absolute atomic E-state index is 12.2. The number of aromatic amines is 1. The van der Waals surface area contributed by atoms with Crippen molar-refractivity contribution in [3.63, 3.8) is 0 Å². The highest BCUT2D eigenvalue weighted by Crippen LogP contribution is 2.32. The third-order valence-corrected chi connectivity index (χ3v) is 6.30. The van der Waals surface area contributed by atoms with Crippen molar-refractivity contribution in [2.45, 2.75) is 62.0 Å². The van der Waals surface area contributed by atoms with Crippen LogP contribution in [-0.4, -0.2) is 87.4 Å². The number of aliphatic hydroxyl groups excluding tert-OH is 3. The molecule has 2 saturated heterocycles. The summed E-state index contributed by atoms with van der Waals surface area (Å²) >= 11 is 0. The number of hydrogen-bond acceptors (Lipinski definition) is 10. The second-order valence-corrected chi connectivity index (χ2v) is 8.76. The molecule has 192 valence electrons. The van der Waals surface area contributed by atoms with Crippen LogP contribution in [0.15, 0.2) is 52.2 Å². The summed E-state index contributed by atoms with van der Waals surface area (Å²) in [4.78, 5) is 25.7. The molecular weight excluding hydrogens is 460 g/mol. The number of nitrogens with one attached hydrogen (secondary N) is 2. The lowest BCUT2D eigenvalue weighted by molar-refractivity contribution is -0.213. The van der Waals surface area contributed by atoms with E-state index in [1.54, 1.807) is 0 Å². The van der Waals surface area contributed by atoms with Crippen molar-refractivity contribution in [1.82, 2.24) is 14.9 Å². The molecule has 8 atom stereocenters. The van der Waals surface area contributed by atoms with E-state index in [0.29, 0.717) is 6.54 Å². The minimum Gasteiger partial charge on any atom is -0.388 e. The van der Waals surface area contributed by atoms with Gasteiger partial charge >= 0.3 is 5.69 Å². The first-order valence-corrected chi connectivity index (χ1v) is 11.6. The van der Waals surface area contributed by atoms with Gasteiger partial charge in [-0.15, -0.1) is 0 Å². The Bertz CT molecular complexity index is 1060. The second-order valence-electron chi connectivity index (χ2n) is 8.76. The van der Waals surface area contributed by atoms with Gasteiger partial charge in [-0.1, -0.05) is 30.3 Å². The molecule has 0 saturated carbocycles. The maximum Gasteiger partial charge on any atom is 0.330 e. The first kappa shape index (κ1) is 25.7. The normalized spacial score (nSPS) is 31.6. The van der Waals surface area contributed by atoms with Crippen LogP contribution in [0.5, 0.6) is 0 Å². The minimum atomic E-state index is -1.31. The fraction of sp³-hybridized carbons (Fsp3) is 0.565. The van der Waals surface area contributed by atoms with Crippen molar-refractivity contribution >= 4 is 0 Å². The maximum atomic E-state index is 12.2. The molecule has 35 heavy (non-hydrogen) atoms. The van der Waals surface area contributed by atoms with Crippen molar-refractivity contribution in [1.29, 1.82) is 0 Å². The molecule has 12 nitrogen and oxygen atoms in total. The third-order valence-electron chi connectivity index (χ3n) is 6.30. The average Bonchev–Trinajstić information content (AvgIpc) is 3.36. The number of benzene rings is 1. The Labute approximate surface area is 201 Å². The van der Waals surface area contributed by atoms with Crippen LogP contribution in [0.4, 0.5) is 0 Å². The molecule has 2 fully saturated rings. The minimum absolute atomic E-state index is 0.00786. The second kappa shape index (κ2) is 11.5. The fourth-order valence-corrected chi connectivity index (χ4v) is 4.38. The van der Waals surface area contributed by atoms with E-state index >= 15 is 0 Å². The van der Waals surface area contributed by atoms with Gasteiger partial charge in [-0.3, -0.25) is 14.3 Å². The summed E-state index contributed by atoms with van der Waals surface area (Å²) in [7, 11) is 0. The number of aromatic nitrogens is 2. The first-order valence-electron chi connectivity index (χ1n) is 11.6. The summed E-state index contributed by atoms with van der Waals surface area (Å²) in [6.07, 6.45) is -5.71. The van der Waals surface area contributed by atoms with Crippen molar-refractivity contribution < 1.29 is 29.5 Å². The molecule has 0 unspecified atom stereocenters. The van der Waals surface area contributed by atoms with Gasteiger partial charge in [-0.25, -0.2) is 4.79 Å². The van der Waals surface area contributed by atoms with Crippen LogP contribution in [0, 0.1) is 0 Å². The van der Waals surface area contributed by atoms with Gasteiger partial charge in [0.25, 0.3) is 5.56 Å². The number of aliphatic hydroxyl groups is 3. The largest absolute Gasteiger partial charge is 0.388 e. The summed E-state index contributed by atoms with van der Waals surface area (Å²) in [5.41, 5.74) is 5.50. The Hall–Kier alpha value is -2.42. The monoisotopic (exact) mass is 492 g/mol. The fourth-order valence-electron chi connectivity index (χ4n) is 4.38. The van der Waals surface area contributed by atoms with Crippen LogP contribution in [0.2, 0.25) is 0 Å². The quantitative estimate of drug-likeness (QED) is 0.199. The SMILES string of the molecule is NC[C@H]1O[C@@H](O[C@@H](CNCCc2ccccc2)[C@@H]2C[C@@H](O)[C@H](n3ccc(=O)[nH]c3=O)O2)[C@H](O)[C@@H]1O. The molecule has 7 N–H and O–H groups in total. The van der Waals surface area contributed by atoms with Crippen LogP contribution < -0.4 is 22.3 Å². The number of nitrogens with zero attached hydrogens (tertiary/aromatic N) is 1. The van der Waals surface area contributed by atoms with E-state index in [2.05, 4.69) is 10.3 Å². The van der Waals surface area contributed by atoms with Crippen molar-refractivity contribution in [3.8, 4) is 0 Å². The van der Waals surface area contributed by atoms with Gasteiger partial charge in [0.2, 0.25) is 0 Å². The van der Waals surface area contributed by atoms with Gasteiger partial charge in [0.05, 0.1) is 12.2 Å². The summed E-state index contributed by atoms with van der Waals surface area (Å²) < 4.78 is 18.7. The van der Waals surface area contributed by atoms with Gasteiger partial charge in [-0.2, -0.15) is 0 Å². The van der Waals surface area contributed by atoms with Crippen LogP contribution in [0.25, 0.3) is 0 Å². The van der Waals surface area contributed by atoms with Gasteiger partial charge in [0.1, 0.15) is 24.4 Å². The topological polar surface area (TPSA) is 181 Å². The zero-order chi connectivity index (χ0) is 24.9. The highest BCUT2D eigenvalue weighted by molar-refractivity contribution is 5.14. The lowest BCUT2D eigenvalue weighted by atomic mass is 10.1. The summed E-state index contributed by atoms with van der Waals surface area (Å²) in [6, 6.07) is 11.1. The molecule has 2 aromatic rings. The Morgan fingerprint density at radius 3 is 2.60 bits per heavy atom. The molecule has 0 bridgehead atoms. The molecule has 1 aromatic heterocycles. The summed E-state index contributed by atoms with van der Waals surface area (Å²) in [5, 5.41) is 34.4. The van der Waals surface area contributed by atoms with E-state index in [0.717, 1.165) is 16.6 Å². The van der Waals surface area contributed by atoms with Crippen molar-refractivity contribution in [3.05, 3.63) is 69.0 Å². The number of rotatable bonds is 10. The number of H-pyrrole nitrogens is 1. The van der Waals surface area contributed by atoms with Gasteiger partial charge in [0, 0.05) is 31.8 Å². The van der Waals surface area contributed by atoms with Crippen molar-refractivity contribution in [2.75, 3.05) is 19.6 Å². The predicted molar refractivity (Wildman–Crippen MR) is 123 cm³/mol. The molecule has 0 aliphatic carbocycles. The van der Waals surface area contributed by atoms with E-state index in [9.17, 15) is 24.9 Å². The molecule has 2 aliphatic heterocycles. The average molecular weight is 493 g/mol. The predicted octanol–water partition coefficient (Wildman–Crippen LogP) is -2.19. The molecule has 2 aliphatic rings. The molecule has 0 amide bonds. The van der Waals surface area contributed by atoms with E-state index < -0.39 is 60.4 Å². The lowest BCUT2D eigenvalue weighted by Gasteiger charge is -2.28. The molecule has 0 spiro atoms. The lowest BCUT2D eigenvalue weighted by Crippen LogP contribution is -2.44. The molecule has 12 heteroatoms. The molecule has 0 radical (unpaired) electrons. The van der Waals surface area contributed by atoms with E-state index in [1.807, 2.05) is 30.3 Å². The van der Waals surface area contributed by atoms with Crippen LogP contribution >= 0.6 is 0 Å². The third kappa shape index (κ3) is 6.05. The van der Waals surface area contributed by atoms with E-state index in [4.69, 9.17) is 19.9 Å². The van der Waals surface area contributed by atoms with Gasteiger partial charge < -0.3 is 40.6 Å². The van der Waals surface area contributed by atoms with Gasteiger partial charge in [-0.05, 0) is 18.5 Å². The van der Waals surface area contributed by atoms with Crippen LogP contribution in [0.3, 0.4) is 0 Å². The van der Waals surface area contributed by atoms with E-state index in [1.165, 1.54) is 12.3 Å². The smallest absolute Gasteiger partial charge is 0.330 e. The number of nitrogens with two attached hydrogens (primary N) is 1. The number of ether oxygens (including phenoxy) is 3. The van der Waals surface area contributed by atoms with E-state index in [-0.39, 0.29) is 19.5 Å². The molecule has 1 aromatic carbocycles. The van der Waals surface area contributed by atoms with Crippen LogP contribution in [0.1, 0.15) is 18.2 Å². The zero-order valence-electron chi connectivity index (χ0n) is 19.1. The van der Waals surface area contributed by atoms with Crippen LogP contribution in [-0.2, 0) is 20.6 Å². The summed E-state index contributed by atoms with van der Waals surface area (Å²) in [5.74, 6) is 0. The molecular formula is C23H32N4O8. The zero-order valence-corrected chi connectivity index (χ0v) is 19.1. The standard InChI is InChI=1S/C23H32N4O8/c24-11-16-19(30)20(31)22(34-16)35-17(12-25-8-6-13-4-2-1-3-5-13)15-10-14(28)21(33-15)27-9-7-18(29)26-23(27)32/h1-5,7,9,14-17,19-22,25,28,30-31H,6,8,10-12,24H2,(H,26,29,32)/t14-,15+,16-,17+,19-,20-,21-,22+/m1/s1. The Kier molecular flexibility index (Phi) is 8.46. The highest BCUT2D eigenvalue weighted by Gasteiger charge is 2.46. The Balaban J connectivity index is 1.45. The molecule has 3 heterocycles. The van der Waals surface area contributed by atoms with Crippen molar-refractivity contribution in [2.24, 2.45) is 5.73 Å². The Morgan fingerprint density at radius 1 is 1.14 bits per heavy atom. The highest BCUT2D eigenvalue weighted by atomic mass is 16.7. The molecule has 4 rings (SSSR count). The summed E-state index contributed by atoms with van der Waals surface area (Å²) in [6.45, 7) is 0.922. The van der Waals surface area contributed by atoms with Gasteiger partial charge in [0.15, 0.2) is 12.5 Å². The Morgan fingerprint density at radius 2 is 1.91 bits per heavy atom.